The summed E-state index contributed by atoms with van der Waals surface area (Å²) in [5.74, 6) is -3.84. The number of esters is 3. The van der Waals surface area contributed by atoms with Crippen LogP contribution in [0.25, 0.3) is 0 Å². The number of carbonyl (C=O) groups excluding carboxylic acids is 4. The lowest BCUT2D eigenvalue weighted by atomic mass is 9.45. The molecule has 1 N–H and O–H groups in total. The zero-order chi connectivity index (χ0) is 35.5. The third-order valence-electron chi connectivity index (χ3n) is 10.6. The molecule has 7 unspecified atom stereocenters. The van der Waals surface area contributed by atoms with E-state index in [1.54, 1.807) is 37.3 Å². The Labute approximate surface area is 294 Å². The molecule has 2 bridgehead atoms. The van der Waals surface area contributed by atoms with Crippen molar-refractivity contribution >= 4 is 80.9 Å². The molecule has 13 atom stereocenters. The number of aliphatic hydroxyl groups excluding tert-OH is 1. The number of hydrogen-bond donors (Lipinski definition) is 1. The largest absolute Gasteiger partial charge is 0.458 e. The van der Waals surface area contributed by atoms with Crippen LogP contribution >= 0.6 is 57.2 Å². The molecule has 1 heterocycles. The summed E-state index contributed by atoms with van der Waals surface area (Å²) in [6.07, 6.45) is -4.46. The van der Waals surface area contributed by atoms with Crippen LogP contribution in [0.2, 0.25) is 0 Å². The van der Waals surface area contributed by atoms with Crippen molar-refractivity contribution in [2.75, 3.05) is 6.61 Å². The minimum Gasteiger partial charge on any atom is -0.458 e. The molecule has 1 aliphatic heterocycles. The van der Waals surface area contributed by atoms with Crippen LogP contribution < -0.4 is 0 Å². The molecular formula is C31H45O10P7. The maximum Gasteiger partial charge on any atom is 0.338 e. The second-order valence-corrected chi connectivity index (χ2v) is 37.4. The highest BCUT2D eigenvalue weighted by Gasteiger charge is 2.76. The van der Waals surface area contributed by atoms with Crippen molar-refractivity contribution in [1.29, 1.82) is 0 Å². The molecule has 5 rings (SSSR count). The SMILES string of the molecule is CC(=O)O[C@@H]1C(=O)C2=C(C)[C@@H](O)CC(C(OC(=O)c3ccccc3)C3[C@@]1(C)[C@@H](OP(P(P)P)P(P)P)C[C@H]1OC[C@@]31OC(C)=O)C2(C)C. The van der Waals surface area contributed by atoms with Crippen LogP contribution in [0.15, 0.2) is 41.5 Å². The molecule has 17 heteroatoms. The maximum absolute atomic E-state index is 15.1. The quantitative estimate of drug-likeness (QED) is 0.168. The van der Waals surface area contributed by atoms with Crippen molar-refractivity contribution in [3.8, 4) is 0 Å². The van der Waals surface area contributed by atoms with Crippen molar-refractivity contribution in [2.24, 2.45) is 22.7 Å². The van der Waals surface area contributed by atoms with Crippen molar-refractivity contribution in [2.45, 2.75) is 90.5 Å². The summed E-state index contributed by atoms with van der Waals surface area (Å²) in [6, 6.07) is 8.59. The predicted molar refractivity (Wildman–Crippen MR) is 202 cm³/mol. The van der Waals surface area contributed by atoms with E-state index in [2.05, 4.69) is 35.7 Å². The topological polar surface area (TPSA) is 135 Å². The summed E-state index contributed by atoms with van der Waals surface area (Å²) in [5.41, 5.74) is -2.55. The fraction of sp³-hybridized carbons (Fsp3) is 0.613. The first-order chi connectivity index (χ1) is 22.4. The van der Waals surface area contributed by atoms with E-state index in [1.165, 1.54) is 13.8 Å². The molecule has 1 aromatic carbocycles. The standard InChI is InChI=1S/C31H45O10P7/c1-15-20(34)12-19-25(39-28(36)18-10-8-7-9-11-18)26-30(6,27(38-16(2)32)24(35)23(15)29(19,4)5)21(41-46(47(42)43)48(44)45)13-22-31(26,14-37-22)40-17(3)33/h7-11,19-22,25-27,34H,12-14,42-45H2,1-6H3/t19?,20-,21-,22+,25?,26?,27+,30+,31-/m0/s1. The Balaban J connectivity index is 1.85. The van der Waals surface area contributed by atoms with Crippen LogP contribution in [0.3, 0.4) is 0 Å². The van der Waals surface area contributed by atoms with Crippen LogP contribution in [0.4, 0.5) is 0 Å². The van der Waals surface area contributed by atoms with Crippen molar-refractivity contribution in [1.82, 2.24) is 0 Å². The van der Waals surface area contributed by atoms with Crippen LogP contribution in [-0.4, -0.2) is 71.5 Å². The van der Waals surface area contributed by atoms with Crippen molar-refractivity contribution in [3.05, 3.63) is 47.0 Å². The monoisotopic (exact) mass is 794 g/mol. The summed E-state index contributed by atoms with van der Waals surface area (Å²) >= 11 is 0. The molecule has 4 aliphatic rings. The van der Waals surface area contributed by atoms with Gasteiger partial charge in [0.1, 0.15) is 12.2 Å². The lowest BCUT2D eigenvalue weighted by Crippen LogP contribution is -2.80. The fourth-order valence-electron chi connectivity index (χ4n) is 8.52. The molecule has 48 heavy (non-hydrogen) atoms. The fourth-order valence-corrected chi connectivity index (χ4v) is 41.4. The smallest absolute Gasteiger partial charge is 0.338 e. The first kappa shape index (κ1) is 39.1. The first-order valence-electron chi connectivity index (χ1n) is 15.6. The number of ketones is 1. The van der Waals surface area contributed by atoms with E-state index in [4.69, 9.17) is 23.5 Å². The highest BCUT2D eigenvalue weighted by molar-refractivity contribution is 8.96. The number of carbonyl (C=O) groups is 4. The van der Waals surface area contributed by atoms with Gasteiger partial charge in [0.15, 0.2) is 11.7 Å². The van der Waals surface area contributed by atoms with Gasteiger partial charge in [-0.15, -0.1) is 35.7 Å². The predicted octanol–water partition coefficient (Wildman–Crippen LogP) is 6.91. The number of Topliss-reactive ketones (excluding diaryl/α,β-unsaturated/α-hetero) is 1. The Morgan fingerprint density at radius 2 is 1.58 bits per heavy atom. The zero-order valence-corrected chi connectivity index (χ0v) is 35.1. The highest BCUT2D eigenvalue weighted by Crippen LogP contribution is 2.98. The van der Waals surface area contributed by atoms with Crippen molar-refractivity contribution < 1.29 is 47.8 Å². The molecule has 10 nitrogen and oxygen atoms in total. The van der Waals surface area contributed by atoms with Gasteiger partial charge in [-0.3, -0.25) is 14.4 Å². The summed E-state index contributed by atoms with van der Waals surface area (Å²) in [7, 11) is 10.3. The average Bonchev–Trinajstić information content (AvgIpc) is 2.98. The summed E-state index contributed by atoms with van der Waals surface area (Å²) < 4.78 is 32.2. The van der Waals surface area contributed by atoms with Gasteiger partial charge in [-0.1, -0.05) is 39.0 Å². The third kappa shape index (κ3) is 6.78. The molecule has 0 radical (unpaired) electrons. The Morgan fingerprint density at radius 1 is 0.958 bits per heavy atom. The lowest BCUT2D eigenvalue weighted by molar-refractivity contribution is -0.345. The van der Waals surface area contributed by atoms with Crippen LogP contribution in [0.5, 0.6) is 0 Å². The van der Waals surface area contributed by atoms with E-state index in [-0.39, 0.29) is 19.4 Å². The van der Waals surface area contributed by atoms with Gasteiger partial charge < -0.3 is 28.6 Å². The first-order valence-corrected chi connectivity index (χ1v) is 27.4. The van der Waals surface area contributed by atoms with Gasteiger partial charge in [-0.2, -0.15) is 0 Å². The van der Waals surface area contributed by atoms with Gasteiger partial charge in [-0.05, 0) is 50.4 Å². The normalized spacial score (nSPS) is 35.6. The number of hydrogen-bond acceptors (Lipinski definition) is 10. The number of ether oxygens (including phenoxy) is 4. The summed E-state index contributed by atoms with van der Waals surface area (Å²) in [5, 5.41) is 11.5. The van der Waals surface area contributed by atoms with Crippen LogP contribution in [0.1, 0.15) is 64.7 Å². The number of fused-ring (bicyclic) bond motifs is 5. The summed E-state index contributed by atoms with van der Waals surface area (Å²) in [4.78, 5) is 55.1. The van der Waals surface area contributed by atoms with Crippen LogP contribution in [0, 0.1) is 22.7 Å². The van der Waals surface area contributed by atoms with Crippen molar-refractivity contribution in [3.63, 3.8) is 0 Å². The zero-order valence-electron chi connectivity index (χ0n) is 27.8. The minimum atomic E-state index is -1.43. The van der Waals surface area contributed by atoms with Gasteiger partial charge in [0.25, 0.3) is 0 Å². The van der Waals surface area contributed by atoms with E-state index in [0.717, 1.165) is 0 Å². The van der Waals surface area contributed by atoms with Gasteiger partial charge in [0, 0.05) is 37.2 Å². The van der Waals surface area contributed by atoms with E-state index < -0.39 is 104 Å². The Bertz CT molecular complexity index is 1480. The molecule has 0 amide bonds. The number of rotatable bonds is 8. The Kier molecular flexibility index (Phi) is 12.0. The second-order valence-electron chi connectivity index (χ2n) is 13.8. The molecule has 0 spiro atoms. The second kappa shape index (κ2) is 14.7. The summed E-state index contributed by atoms with van der Waals surface area (Å²) in [6.45, 7) is 8.42. The molecule has 1 saturated heterocycles. The van der Waals surface area contributed by atoms with E-state index >= 15 is 4.79 Å². The molecule has 2 saturated carbocycles. The van der Waals surface area contributed by atoms with Gasteiger partial charge >= 0.3 is 17.9 Å². The third-order valence-corrected chi connectivity index (χ3v) is 33.0. The molecule has 3 fully saturated rings. The maximum atomic E-state index is 15.1. The molecule has 264 valence electrons. The molecular weight excluding hydrogens is 749 g/mol. The minimum absolute atomic E-state index is 0.0171. The van der Waals surface area contributed by atoms with E-state index in [1.807, 2.05) is 20.8 Å². The molecule has 3 aliphatic carbocycles. The van der Waals surface area contributed by atoms with Gasteiger partial charge in [-0.25, -0.2) is 4.79 Å². The lowest BCUT2D eigenvalue weighted by Gasteiger charge is -2.67. The Hall–Kier alpha value is -0.0700. The van der Waals surface area contributed by atoms with E-state index in [0.29, 0.717) is 16.7 Å². The van der Waals surface area contributed by atoms with Gasteiger partial charge in [0.2, 0.25) is 5.78 Å². The van der Waals surface area contributed by atoms with Gasteiger partial charge in [0.05, 0.1) is 37.8 Å². The molecule has 0 aromatic heterocycles. The van der Waals surface area contributed by atoms with Crippen LogP contribution in [-0.2, 0) is 37.9 Å². The van der Waals surface area contributed by atoms with E-state index in [9.17, 15) is 19.5 Å². The highest BCUT2D eigenvalue weighted by atomic mass is 33.0. The Morgan fingerprint density at radius 3 is 2.10 bits per heavy atom. The number of aliphatic hydroxyl groups is 1. The average molecular weight is 795 g/mol. The number of benzene rings is 1. The molecule has 1 aromatic rings.